The second-order valence-corrected chi connectivity index (χ2v) is 11.3. The fourth-order valence-corrected chi connectivity index (χ4v) is 5.21. The molecule has 1 atom stereocenters. The number of nitrogens with one attached hydrogen (secondary N) is 1. The van der Waals surface area contributed by atoms with Crippen LogP contribution in [0, 0.1) is 0 Å². The van der Waals surface area contributed by atoms with Gasteiger partial charge in [-0.15, -0.1) is 0 Å². The van der Waals surface area contributed by atoms with Crippen molar-refractivity contribution in [3.63, 3.8) is 0 Å². The Morgan fingerprint density at radius 3 is 2.11 bits per heavy atom. The second kappa shape index (κ2) is 13.4. The van der Waals surface area contributed by atoms with Crippen LogP contribution in [-0.2, 0) is 39.0 Å². The lowest BCUT2D eigenvalue weighted by molar-refractivity contribution is -0.140. The van der Waals surface area contributed by atoms with Crippen molar-refractivity contribution in [1.82, 2.24) is 10.2 Å². The fraction of sp³-hybridized carbons (Fsp3) is 0.310. The molecule has 2 amide bonds. The third-order valence-electron chi connectivity index (χ3n) is 6.23. The van der Waals surface area contributed by atoms with E-state index >= 15 is 0 Å². The maximum atomic E-state index is 13.9. The first-order valence-corrected chi connectivity index (χ1v) is 14.8. The zero-order valence-corrected chi connectivity index (χ0v) is 23.5. The molecule has 0 saturated carbocycles. The minimum atomic E-state index is -3.80. The summed E-state index contributed by atoms with van der Waals surface area (Å²) >= 11 is 6.44. The van der Waals surface area contributed by atoms with Crippen LogP contribution in [-0.4, -0.2) is 50.5 Å². The number of amides is 2. The Labute approximate surface area is 230 Å². The lowest BCUT2D eigenvalue weighted by atomic mass is 10.0. The summed E-state index contributed by atoms with van der Waals surface area (Å²) in [5.74, 6) is -0.836. The number of aryl methyl sites for hydroxylation is 1. The fourth-order valence-electron chi connectivity index (χ4n) is 4.17. The number of nitrogens with zero attached hydrogens (tertiary/aromatic N) is 2. The number of sulfonamides is 1. The molecular weight excluding hydrogens is 522 g/mol. The first kappa shape index (κ1) is 29.2. The van der Waals surface area contributed by atoms with Crippen LogP contribution in [0.3, 0.4) is 0 Å². The normalized spacial score (nSPS) is 12.0. The van der Waals surface area contributed by atoms with Crippen LogP contribution in [0.25, 0.3) is 0 Å². The van der Waals surface area contributed by atoms with Gasteiger partial charge in [-0.05, 0) is 48.2 Å². The van der Waals surface area contributed by atoms with E-state index in [0.717, 1.165) is 28.1 Å². The molecule has 0 radical (unpaired) electrons. The lowest BCUT2D eigenvalue weighted by Gasteiger charge is -2.33. The van der Waals surface area contributed by atoms with Crippen LogP contribution in [0.2, 0.25) is 5.02 Å². The highest BCUT2D eigenvalue weighted by atomic mass is 35.5. The van der Waals surface area contributed by atoms with Crippen LogP contribution in [0.1, 0.15) is 30.5 Å². The molecule has 3 aromatic rings. The quantitative estimate of drug-likeness (QED) is 0.358. The monoisotopic (exact) mass is 555 g/mol. The van der Waals surface area contributed by atoms with Crippen molar-refractivity contribution in [2.45, 2.75) is 39.3 Å². The molecule has 0 heterocycles. The number of benzene rings is 3. The van der Waals surface area contributed by atoms with E-state index in [0.29, 0.717) is 22.8 Å². The van der Waals surface area contributed by atoms with E-state index in [1.807, 2.05) is 56.3 Å². The summed E-state index contributed by atoms with van der Waals surface area (Å²) in [6.07, 6.45) is 2.13. The summed E-state index contributed by atoms with van der Waals surface area (Å²) in [6.45, 7) is 3.78. The maximum absolute atomic E-state index is 13.9. The Bertz CT molecular complexity index is 1330. The van der Waals surface area contributed by atoms with Gasteiger partial charge < -0.3 is 10.2 Å². The molecule has 0 saturated heterocycles. The standard InChI is InChI=1S/C29H34ClN3O4S/c1-4-22-15-17-25(18-16-22)33(38(3,36)37)21-28(34)32(20-24-13-9-10-14-26(24)30)27(29(35)31-5-2)19-23-11-7-6-8-12-23/h6-18,27H,4-5,19-21H2,1-3H3,(H,31,35)/t27-/m1/s1. The van der Waals surface area contributed by atoms with Crippen LogP contribution < -0.4 is 9.62 Å². The number of hydrogen-bond acceptors (Lipinski definition) is 4. The minimum absolute atomic E-state index is 0.0412. The van der Waals surface area contributed by atoms with Crippen LogP contribution >= 0.6 is 11.6 Å². The first-order valence-electron chi connectivity index (χ1n) is 12.5. The molecule has 9 heteroatoms. The van der Waals surface area contributed by atoms with Crippen molar-refractivity contribution in [2.24, 2.45) is 0 Å². The molecule has 0 bridgehead atoms. The van der Waals surface area contributed by atoms with Gasteiger partial charge in [0.15, 0.2) is 0 Å². The molecule has 0 aliphatic heterocycles. The predicted octanol–water partition coefficient (Wildman–Crippen LogP) is 4.44. The van der Waals surface area contributed by atoms with Crippen LogP contribution in [0.5, 0.6) is 0 Å². The van der Waals surface area contributed by atoms with Gasteiger partial charge in [0, 0.05) is 24.5 Å². The van der Waals surface area contributed by atoms with Gasteiger partial charge in [-0.1, -0.05) is 79.2 Å². The predicted molar refractivity (Wildman–Crippen MR) is 153 cm³/mol. The van der Waals surface area contributed by atoms with E-state index < -0.39 is 28.5 Å². The van der Waals surface area contributed by atoms with E-state index in [1.54, 1.807) is 36.4 Å². The molecule has 3 aromatic carbocycles. The zero-order chi connectivity index (χ0) is 27.7. The summed E-state index contributed by atoms with van der Waals surface area (Å²) in [4.78, 5) is 28.7. The molecule has 0 spiro atoms. The van der Waals surface area contributed by atoms with Gasteiger partial charge in [0.25, 0.3) is 0 Å². The third-order valence-corrected chi connectivity index (χ3v) is 7.74. The smallest absolute Gasteiger partial charge is 0.244 e. The topological polar surface area (TPSA) is 86.8 Å². The average Bonchev–Trinajstić information content (AvgIpc) is 2.90. The summed E-state index contributed by atoms with van der Waals surface area (Å²) in [5.41, 5.74) is 2.96. The Kier molecular flexibility index (Phi) is 10.3. The highest BCUT2D eigenvalue weighted by molar-refractivity contribution is 7.92. The summed E-state index contributed by atoms with van der Waals surface area (Å²) < 4.78 is 26.7. The largest absolute Gasteiger partial charge is 0.355 e. The van der Waals surface area contributed by atoms with Crippen molar-refractivity contribution in [3.8, 4) is 0 Å². The van der Waals surface area contributed by atoms with Crippen molar-refractivity contribution >= 4 is 39.1 Å². The van der Waals surface area contributed by atoms with Crippen molar-refractivity contribution in [1.29, 1.82) is 0 Å². The van der Waals surface area contributed by atoms with Gasteiger partial charge >= 0.3 is 0 Å². The third kappa shape index (κ3) is 7.82. The summed E-state index contributed by atoms with van der Waals surface area (Å²) in [5, 5.41) is 3.29. The van der Waals surface area contributed by atoms with Gasteiger partial charge in [-0.25, -0.2) is 8.42 Å². The van der Waals surface area contributed by atoms with E-state index in [2.05, 4.69) is 5.32 Å². The number of likely N-dealkylation sites (N-methyl/N-ethyl adjacent to an activating group) is 1. The zero-order valence-electron chi connectivity index (χ0n) is 21.9. The van der Waals surface area contributed by atoms with E-state index in [1.165, 1.54) is 4.90 Å². The number of rotatable bonds is 12. The number of carbonyl (C=O) groups excluding carboxylic acids is 2. The van der Waals surface area contributed by atoms with Crippen LogP contribution in [0.4, 0.5) is 5.69 Å². The molecule has 38 heavy (non-hydrogen) atoms. The lowest BCUT2D eigenvalue weighted by Crippen LogP contribution is -2.53. The van der Waals surface area contributed by atoms with Gasteiger partial charge in [0.05, 0.1) is 11.9 Å². The molecule has 0 unspecified atom stereocenters. The Morgan fingerprint density at radius 1 is 0.895 bits per heavy atom. The molecule has 0 aliphatic rings. The van der Waals surface area contributed by atoms with Gasteiger partial charge in [0.1, 0.15) is 12.6 Å². The van der Waals surface area contributed by atoms with Gasteiger partial charge in [-0.3, -0.25) is 13.9 Å². The first-order chi connectivity index (χ1) is 18.1. The Balaban J connectivity index is 2.03. The molecule has 0 aliphatic carbocycles. The minimum Gasteiger partial charge on any atom is -0.355 e. The van der Waals surface area contributed by atoms with E-state index in [4.69, 9.17) is 11.6 Å². The van der Waals surface area contributed by atoms with Crippen molar-refractivity contribution in [3.05, 3.63) is 101 Å². The average molecular weight is 556 g/mol. The van der Waals surface area contributed by atoms with Crippen LogP contribution in [0.15, 0.2) is 78.9 Å². The SMILES string of the molecule is CCNC(=O)[C@@H](Cc1ccccc1)N(Cc1ccccc1Cl)C(=O)CN(c1ccc(CC)cc1)S(C)(=O)=O. The molecule has 7 nitrogen and oxygen atoms in total. The molecule has 0 aromatic heterocycles. The van der Waals surface area contributed by atoms with Gasteiger partial charge in [0.2, 0.25) is 21.8 Å². The number of hydrogen-bond donors (Lipinski definition) is 1. The van der Waals surface area contributed by atoms with Crippen molar-refractivity contribution in [2.75, 3.05) is 23.7 Å². The van der Waals surface area contributed by atoms with E-state index in [9.17, 15) is 18.0 Å². The molecule has 202 valence electrons. The number of halogens is 1. The summed E-state index contributed by atoms with van der Waals surface area (Å²) in [7, 11) is -3.80. The summed E-state index contributed by atoms with van der Waals surface area (Å²) in [6, 6.07) is 22.7. The Morgan fingerprint density at radius 2 is 1.53 bits per heavy atom. The molecule has 1 N–H and O–H groups in total. The van der Waals surface area contributed by atoms with Crippen molar-refractivity contribution < 1.29 is 18.0 Å². The number of anilines is 1. The molecule has 3 rings (SSSR count). The maximum Gasteiger partial charge on any atom is 0.244 e. The Hall–Kier alpha value is -3.36. The number of carbonyl (C=O) groups is 2. The van der Waals surface area contributed by atoms with E-state index in [-0.39, 0.29) is 18.9 Å². The molecule has 0 fully saturated rings. The molecular formula is C29H34ClN3O4S. The second-order valence-electron chi connectivity index (χ2n) is 9.00. The highest BCUT2D eigenvalue weighted by Crippen LogP contribution is 2.23. The highest BCUT2D eigenvalue weighted by Gasteiger charge is 2.33. The van der Waals surface area contributed by atoms with Gasteiger partial charge in [-0.2, -0.15) is 0 Å².